The van der Waals surface area contributed by atoms with Crippen LogP contribution in [0.3, 0.4) is 0 Å². The Morgan fingerprint density at radius 2 is 0.461 bits per heavy atom. The molecule has 1 unspecified atom stereocenters. The van der Waals surface area contributed by atoms with Crippen LogP contribution in [0.5, 0.6) is 0 Å². The smallest absolute Gasteiger partial charge is 0.306 e. The highest BCUT2D eigenvalue weighted by Crippen LogP contribution is 2.19. The second-order valence-corrected chi connectivity index (χ2v) is 23.8. The first-order valence-electron chi connectivity index (χ1n) is 34.7. The van der Waals surface area contributed by atoms with Crippen molar-refractivity contribution in [2.45, 2.75) is 406 Å². The second-order valence-electron chi connectivity index (χ2n) is 23.8. The number of carbonyl (C=O) groups is 3. The Morgan fingerprint density at radius 3 is 0.711 bits per heavy atom. The van der Waals surface area contributed by atoms with Crippen LogP contribution >= 0.6 is 0 Å². The Bertz CT molecular complexity index is 1180. The van der Waals surface area contributed by atoms with Gasteiger partial charge in [0.05, 0.1) is 0 Å². The van der Waals surface area contributed by atoms with E-state index >= 15 is 0 Å². The van der Waals surface area contributed by atoms with E-state index < -0.39 is 6.10 Å². The Hall–Kier alpha value is -1.85. The summed E-state index contributed by atoms with van der Waals surface area (Å²) in [5.41, 5.74) is 0. The Kier molecular flexibility index (Phi) is 64.1. The summed E-state index contributed by atoms with van der Waals surface area (Å²) in [4.78, 5) is 38.3. The quantitative estimate of drug-likeness (QED) is 0.0261. The van der Waals surface area contributed by atoms with Crippen LogP contribution in [0.4, 0.5) is 0 Å². The molecule has 450 valence electrons. The summed E-state index contributed by atoms with van der Waals surface area (Å²) in [5.74, 6) is -0.845. The molecule has 0 bridgehead atoms. The highest BCUT2D eigenvalue weighted by atomic mass is 16.6. The summed E-state index contributed by atoms with van der Waals surface area (Å²) in [6, 6.07) is 0. The van der Waals surface area contributed by atoms with Gasteiger partial charge in [0.25, 0.3) is 0 Å². The van der Waals surface area contributed by atoms with Gasteiger partial charge in [-0.2, -0.15) is 0 Å². The molecule has 0 heterocycles. The van der Waals surface area contributed by atoms with Gasteiger partial charge in [-0.15, -0.1) is 0 Å². The van der Waals surface area contributed by atoms with Crippen molar-refractivity contribution in [3.8, 4) is 0 Å². The van der Waals surface area contributed by atoms with Gasteiger partial charge in [-0.1, -0.05) is 354 Å². The number of carbonyl (C=O) groups excluding carboxylic acids is 3. The molecule has 0 amide bonds. The highest BCUT2D eigenvalue weighted by molar-refractivity contribution is 5.71. The molecule has 0 rings (SSSR count). The zero-order valence-corrected chi connectivity index (χ0v) is 51.8. The SMILES string of the molecule is CCC/C=C\CCCCCCCC(=O)OCC(COC(=O)CCCCCCCCCCCCCCCCCCCCCCCCCC)OC(=O)CCCCCCCCCCCCCCCCCCCCCCCCCC. The Morgan fingerprint density at radius 1 is 0.250 bits per heavy atom. The molecule has 1 atom stereocenters. The number of rotatable bonds is 65. The van der Waals surface area contributed by atoms with E-state index in [2.05, 4.69) is 32.9 Å². The van der Waals surface area contributed by atoms with Gasteiger partial charge in [-0.25, -0.2) is 0 Å². The Labute approximate surface area is 475 Å². The van der Waals surface area contributed by atoms with Gasteiger partial charge in [-0.3, -0.25) is 14.4 Å². The van der Waals surface area contributed by atoms with Crippen LogP contribution in [-0.2, 0) is 28.6 Å². The van der Waals surface area contributed by atoms with Gasteiger partial charge < -0.3 is 14.2 Å². The van der Waals surface area contributed by atoms with Crippen molar-refractivity contribution in [1.82, 2.24) is 0 Å². The molecular formula is C70H134O6. The van der Waals surface area contributed by atoms with Crippen molar-refractivity contribution in [1.29, 1.82) is 0 Å². The second kappa shape index (κ2) is 65.7. The summed E-state index contributed by atoms with van der Waals surface area (Å²) in [7, 11) is 0. The normalized spacial score (nSPS) is 12.0. The molecule has 0 spiro atoms. The van der Waals surface area contributed by atoms with E-state index in [4.69, 9.17) is 14.2 Å². The molecule has 0 saturated carbocycles. The number of hydrogen-bond donors (Lipinski definition) is 0. The fraction of sp³-hybridized carbons (Fsp3) is 0.929. The minimum absolute atomic E-state index is 0.0661. The van der Waals surface area contributed by atoms with Crippen LogP contribution in [0.25, 0.3) is 0 Å². The van der Waals surface area contributed by atoms with Crippen molar-refractivity contribution in [3.63, 3.8) is 0 Å². The molecule has 0 radical (unpaired) electrons. The summed E-state index contributed by atoms with van der Waals surface area (Å²) in [5, 5.41) is 0. The van der Waals surface area contributed by atoms with Gasteiger partial charge in [-0.05, 0) is 38.5 Å². The van der Waals surface area contributed by atoms with Gasteiger partial charge in [0.2, 0.25) is 0 Å². The zero-order valence-electron chi connectivity index (χ0n) is 51.8. The predicted molar refractivity (Wildman–Crippen MR) is 330 cm³/mol. The van der Waals surface area contributed by atoms with E-state index in [1.807, 2.05) is 0 Å². The standard InChI is InChI=1S/C70H134O6/c1-4-7-10-13-16-19-22-24-26-28-30-32-34-36-38-40-42-44-46-48-51-54-57-60-63-69(72)75-66-67(65-74-68(71)62-59-56-53-50-21-18-15-12-9-6-3)76-70(73)64-61-58-55-52-49-47-45-43-41-39-37-35-33-31-29-27-25-23-20-17-14-11-8-5-2/h12,15,67H,4-11,13-14,16-66H2,1-3H3/b15-12-. The first-order chi connectivity index (χ1) is 37.5. The molecule has 0 aromatic rings. The van der Waals surface area contributed by atoms with Crippen LogP contribution in [0.2, 0.25) is 0 Å². The molecule has 0 aliphatic carbocycles. The molecule has 0 aliphatic heterocycles. The number of esters is 3. The van der Waals surface area contributed by atoms with E-state index in [-0.39, 0.29) is 31.1 Å². The van der Waals surface area contributed by atoms with Crippen LogP contribution in [0, 0.1) is 0 Å². The minimum Gasteiger partial charge on any atom is -0.462 e. The number of ether oxygens (including phenoxy) is 3. The summed E-state index contributed by atoms with van der Waals surface area (Å²) in [6.45, 7) is 6.66. The van der Waals surface area contributed by atoms with E-state index in [1.54, 1.807) is 0 Å². The molecule has 6 heteroatoms. The number of unbranched alkanes of at least 4 members (excludes halogenated alkanes) is 52. The van der Waals surface area contributed by atoms with Crippen LogP contribution in [0.15, 0.2) is 12.2 Å². The fourth-order valence-corrected chi connectivity index (χ4v) is 10.8. The molecule has 0 saturated heterocycles. The lowest BCUT2D eigenvalue weighted by Crippen LogP contribution is -2.30. The number of hydrogen-bond acceptors (Lipinski definition) is 6. The lowest BCUT2D eigenvalue weighted by molar-refractivity contribution is -0.167. The van der Waals surface area contributed by atoms with Gasteiger partial charge in [0.1, 0.15) is 13.2 Å². The summed E-state index contributed by atoms with van der Waals surface area (Å²) in [6.07, 6.45) is 78.3. The predicted octanol–water partition coefficient (Wildman–Crippen LogP) is 23.6. The monoisotopic (exact) mass is 1070 g/mol. The van der Waals surface area contributed by atoms with E-state index in [0.717, 1.165) is 70.6 Å². The van der Waals surface area contributed by atoms with Crippen LogP contribution in [-0.4, -0.2) is 37.2 Å². The Balaban J connectivity index is 4.13. The maximum absolute atomic E-state index is 12.9. The lowest BCUT2D eigenvalue weighted by atomic mass is 10.0. The number of allylic oxidation sites excluding steroid dienone is 2. The lowest BCUT2D eigenvalue weighted by Gasteiger charge is -2.18. The minimum atomic E-state index is -0.769. The van der Waals surface area contributed by atoms with Crippen molar-refractivity contribution >= 4 is 17.9 Å². The largest absolute Gasteiger partial charge is 0.462 e. The molecular weight excluding hydrogens is 937 g/mol. The van der Waals surface area contributed by atoms with Gasteiger partial charge in [0, 0.05) is 19.3 Å². The highest BCUT2D eigenvalue weighted by Gasteiger charge is 2.19. The maximum Gasteiger partial charge on any atom is 0.306 e. The van der Waals surface area contributed by atoms with Crippen molar-refractivity contribution in [3.05, 3.63) is 12.2 Å². The third-order valence-corrected chi connectivity index (χ3v) is 16.0. The molecule has 76 heavy (non-hydrogen) atoms. The van der Waals surface area contributed by atoms with E-state index in [1.165, 1.54) is 289 Å². The third-order valence-electron chi connectivity index (χ3n) is 16.0. The topological polar surface area (TPSA) is 78.9 Å². The first kappa shape index (κ1) is 74.2. The van der Waals surface area contributed by atoms with Gasteiger partial charge in [0.15, 0.2) is 6.10 Å². The molecule has 0 aromatic heterocycles. The van der Waals surface area contributed by atoms with Crippen molar-refractivity contribution < 1.29 is 28.6 Å². The van der Waals surface area contributed by atoms with Crippen molar-refractivity contribution in [2.24, 2.45) is 0 Å². The molecule has 0 N–H and O–H groups in total. The van der Waals surface area contributed by atoms with Crippen LogP contribution in [0.1, 0.15) is 400 Å². The van der Waals surface area contributed by atoms with E-state index in [9.17, 15) is 14.4 Å². The molecule has 0 fully saturated rings. The van der Waals surface area contributed by atoms with Gasteiger partial charge >= 0.3 is 17.9 Å². The summed E-state index contributed by atoms with van der Waals surface area (Å²) < 4.78 is 16.9. The average Bonchev–Trinajstić information content (AvgIpc) is 3.42. The molecule has 6 nitrogen and oxygen atoms in total. The maximum atomic E-state index is 12.9. The summed E-state index contributed by atoms with van der Waals surface area (Å²) >= 11 is 0. The molecule has 0 aliphatic rings. The van der Waals surface area contributed by atoms with Crippen LogP contribution < -0.4 is 0 Å². The first-order valence-corrected chi connectivity index (χ1v) is 34.7. The average molecular weight is 1070 g/mol. The molecule has 0 aromatic carbocycles. The third kappa shape index (κ3) is 63.0. The fourth-order valence-electron chi connectivity index (χ4n) is 10.8. The van der Waals surface area contributed by atoms with E-state index in [0.29, 0.717) is 19.3 Å². The van der Waals surface area contributed by atoms with Crippen molar-refractivity contribution in [2.75, 3.05) is 13.2 Å². The zero-order chi connectivity index (χ0) is 55.0.